The molecule has 0 saturated carbocycles. The lowest BCUT2D eigenvalue weighted by Gasteiger charge is -2.40. The first-order valence-electron chi connectivity index (χ1n) is 10.7. The van der Waals surface area contributed by atoms with E-state index in [1.54, 1.807) is 7.11 Å². The third-order valence-electron chi connectivity index (χ3n) is 6.35. The van der Waals surface area contributed by atoms with Crippen molar-refractivity contribution in [3.8, 4) is 17.1 Å². The minimum atomic E-state index is -2.81. The molecule has 0 amide bonds. The van der Waals surface area contributed by atoms with Crippen LogP contribution in [0.5, 0.6) is 5.88 Å². The number of methoxy groups -OCH3 is 1. The first-order chi connectivity index (χ1) is 15.4. The molecular weight excluding hydrogens is 424 g/mol. The van der Waals surface area contributed by atoms with Gasteiger partial charge in [-0.2, -0.15) is 0 Å². The van der Waals surface area contributed by atoms with Crippen LogP contribution in [-0.2, 0) is 22.8 Å². The molecule has 0 atom stereocenters. The lowest BCUT2D eigenvalue weighted by atomic mass is 9.96. The van der Waals surface area contributed by atoms with Gasteiger partial charge in [0.15, 0.2) is 9.84 Å². The summed E-state index contributed by atoms with van der Waals surface area (Å²) in [4.78, 5) is 2.31. The van der Waals surface area contributed by atoms with Crippen molar-refractivity contribution in [2.24, 2.45) is 0 Å². The maximum absolute atomic E-state index is 11.6. The number of aromatic nitrogens is 2. The van der Waals surface area contributed by atoms with Crippen LogP contribution in [0.15, 0.2) is 48.5 Å². The Morgan fingerprint density at radius 3 is 2.66 bits per heavy atom. The highest BCUT2D eigenvalue weighted by atomic mass is 32.2. The largest absolute Gasteiger partial charge is 0.480 e. The normalized spacial score (nSPS) is 17.9. The summed E-state index contributed by atoms with van der Waals surface area (Å²) in [6.07, 6.45) is 0.901. The predicted molar refractivity (Wildman–Crippen MR) is 125 cm³/mol. The standard InChI is InChI=1S/C24H26N4O3S/c1-16-6-7-18(12-21(16)23-8-9-24(31-2)27-26-23)25-22-5-3-4-17-13-28(11-10-20(17)22)19-14-32(29,30)15-19/h3-9,12,19,25H,10-11,13-15H2,1-2H3. The van der Waals surface area contributed by atoms with Crippen molar-refractivity contribution in [1.82, 2.24) is 15.1 Å². The van der Waals surface area contributed by atoms with Crippen molar-refractivity contribution in [2.45, 2.75) is 25.9 Å². The van der Waals surface area contributed by atoms with Gasteiger partial charge in [0.25, 0.3) is 0 Å². The molecule has 8 heteroatoms. The molecule has 1 N–H and O–H groups in total. The lowest BCUT2D eigenvalue weighted by Crippen LogP contribution is -2.54. The van der Waals surface area contributed by atoms with Gasteiger partial charge in [0.05, 0.1) is 24.3 Å². The van der Waals surface area contributed by atoms with E-state index in [4.69, 9.17) is 4.74 Å². The van der Waals surface area contributed by atoms with E-state index < -0.39 is 9.84 Å². The van der Waals surface area contributed by atoms with Crippen LogP contribution in [0.2, 0.25) is 0 Å². The Labute approximate surface area is 188 Å². The fraction of sp³-hybridized carbons (Fsp3) is 0.333. The van der Waals surface area contributed by atoms with Gasteiger partial charge in [-0.3, -0.25) is 4.90 Å². The molecule has 3 heterocycles. The van der Waals surface area contributed by atoms with Crippen LogP contribution >= 0.6 is 0 Å². The topological polar surface area (TPSA) is 84.4 Å². The van der Waals surface area contributed by atoms with E-state index in [0.29, 0.717) is 17.4 Å². The van der Waals surface area contributed by atoms with Crippen LogP contribution in [0.1, 0.15) is 16.7 Å². The Balaban J connectivity index is 1.37. The molecule has 2 aromatic carbocycles. The second-order valence-electron chi connectivity index (χ2n) is 8.51. The summed E-state index contributed by atoms with van der Waals surface area (Å²) in [7, 11) is -1.23. The quantitative estimate of drug-likeness (QED) is 0.638. The number of ether oxygens (including phenoxy) is 1. The Bertz CT molecular complexity index is 1250. The van der Waals surface area contributed by atoms with Gasteiger partial charge >= 0.3 is 0 Å². The zero-order chi connectivity index (χ0) is 22.3. The van der Waals surface area contributed by atoms with E-state index in [-0.39, 0.29) is 6.04 Å². The van der Waals surface area contributed by atoms with Gasteiger partial charge in [0, 0.05) is 42.1 Å². The maximum Gasteiger partial charge on any atom is 0.233 e. The molecule has 1 fully saturated rings. The molecular formula is C24H26N4O3S. The molecule has 0 bridgehead atoms. The smallest absolute Gasteiger partial charge is 0.233 e. The van der Waals surface area contributed by atoms with E-state index in [1.165, 1.54) is 11.1 Å². The lowest BCUT2D eigenvalue weighted by molar-refractivity contribution is 0.196. The van der Waals surface area contributed by atoms with Crippen LogP contribution in [0.25, 0.3) is 11.3 Å². The average molecular weight is 451 g/mol. The molecule has 0 spiro atoms. The molecule has 0 radical (unpaired) electrons. The molecule has 2 aliphatic heterocycles. The minimum absolute atomic E-state index is 0.162. The molecule has 1 aromatic heterocycles. The molecule has 1 saturated heterocycles. The summed E-state index contributed by atoms with van der Waals surface area (Å²) in [5.41, 5.74) is 7.59. The highest BCUT2D eigenvalue weighted by molar-refractivity contribution is 7.92. The number of fused-ring (bicyclic) bond motifs is 1. The monoisotopic (exact) mass is 450 g/mol. The second-order valence-corrected chi connectivity index (χ2v) is 10.7. The summed E-state index contributed by atoms with van der Waals surface area (Å²) < 4.78 is 28.3. The van der Waals surface area contributed by atoms with Crippen LogP contribution in [0.3, 0.4) is 0 Å². The van der Waals surface area contributed by atoms with Crippen molar-refractivity contribution in [3.05, 3.63) is 65.2 Å². The number of rotatable bonds is 5. The van der Waals surface area contributed by atoms with Gasteiger partial charge in [-0.25, -0.2) is 8.42 Å². The average Bonchev–Trinajstić information content (AvgIpc) is 2.78. The van der Waals surface area contributed by atoms with Crippen LogP contribution in [-0.4, -0.2) is 54.7 Å². The van der Waals surface area contributed by atoms with Crippen LogP contribution in [0, 0.1) is 6.92 Å². The van der Waals surface area contributed by atoms with Gasteiger partial charge in [-0.05, 0) is 54.3 Å². The SMILES string of the molecule is COc1ccc(-c2cc(Nc3cccc4c3CCN(C3CS(=O)(=O)C3)C4)ccc2C)nn1. The van der Waals surface area contributed by atoms with E-state index in [0.717, 1.165) is 47.7 Å². The first kappa shape index (κ1) is 20.9. The van der Waals surface area contributed by atoms with Crippen molar-refractivity contribution in [1.29, 1.82) is 0 Å². The number of nitrogens with zero attached hydrogens (tertiary/aromatic N) is 3. The molecule has 7 nitrogen and oxygen atoms in total. The minimum Gasteiger partial charge on any atom is -0.480 e. The number of hydrogen-bond donors (Lipinski definition) is 1. The summed E-state index contributed by atoms with van der Waals surface area (Å²) in [6.45, 7) is 3.74. The highest BCUT2D eigenvalue weighted by Crippen LogP contribution is 2.33. The molecule has 3 aromatic rings. The zero-order valence-electron chi connectivity index (χ0n) is 18.2. The summed E-state index contributed by atoms with van der Waals surface area (Å²) in [5, 5.41) is 12.0. The molecule has 0 unspecified atom stereocenters. The number of sulfone groups is 1. The van der Waals surface area contributed by atoms with Gasteiger partial charge < -0.3 is 10.1 Å². The van der Waals surface area contributed by atoms with Gasteiger partial charge in [0.1, 0.15) is 0 Å². The Morgan fingerprint density at radius 2 is 1.94 bits per heavy atom. The van der Waals surface area contributed by atoms with Crippen molar-refractivity contribution < 1.29 is 13.2 Å². The third kappa shape index (κ3) is 4.08. The molecule has 2 aliphatic rings. The molecule has 32 heavy (non-hydrogen) atoms. The zero-order valence-corrected chi connectivity index (χ0v) is 19.0. The highest BCUT2D eigenvalue weighted by Gasteiger charge is 2.38. The van der Waals surface area contributed by atoms with Crippen molar-refractivity contribution >= 4 is 21.2 Å². The molecule has 166 valence electrons. The third-order valence-corrected chi connectivity index (χ3v) is 8.13. The van der Waals surface area contributed by atoms with Gasteiger partial charge in [-0.15, -0.1) is 10.2 Å². The van der Waals surface area contributed by atoms with E-state index in [1.807, 2.05) is 12.1 Å². The molecule has 0 aliphatic carbocycles. The number of hydrogen-bond acceptors (Lipinski definition) is 7. The van der Waals surface area contributed by atoms with Gasteiger partial charge in [0.2, 0.25) is 5.88 Å². The summed E-state index contributed by atoms with van der Waals surface area (Å²) in [6, 6.07) is 16.5. The number of anilines is 2. The second kappa shape index (κ2) is 8.18. The number of nitrogens with one attached hydrogen (secondary N) is 1. The van der Waals surface area contributed by atoms with Crippen molar-refractivity contribution in [2.75, 3.05) is 30.5 Å². The maximum atomic E-state index is 11.6. The fourth-order valence-electron chi connectivity index (χ4n) is 4.51. The summed E-state index contributed by atoms with van der Waals surface area (Å²) in [5.74, 6) is 1.08. The number of benzene rings is 2. The van der Waals surface area contributed by atoms with E-state index >= 15 is 0 Å². The number of aryl methyl sites for hydroxylation is 1. The summed E-state index contributed by atoms with van der Waals surface area (Å²) >= 11 is 0. The first-order valence-corrected chi connectivity index (χ1v) is 12.5. The van der Waals surface area contributed by atoms with Crippen LogP contribution in [0.4, 0.5) is 11.4 Å². The van der Waals surface area contributed by atoms with Crippen molar-refractivity contribution in [3.63, 3.8) is 0 Å². The predicted octanol–water partition coefficient (Wildman–Crippen LogP) is 3.36. The fourth-order valence-corrected chi connectivity index (χ4v) is 6.01. The van der Waals surface area contributed by atoms with Gasteiger partial charge in [-0.1, -0.05) is 18.2 Å². The van der Waals surface area contributed by atoms with Crippen LogP contribution < -0.4 is 10.1 Å². The Hall–Kier alpha value is -2.97. The Morgan fingerprint density at radius 1 is 1.09 bits per heavy atom. The van der Waals surface area contributed by atoms with E-state index in [2.05, 4.69) is 63.7 Å². The molecule has 5 rings (SSSR count). The van der Waals surface area contributed by atoms with E-state index in [9.17, 15) is 8.42 Å². The Kier molecular flexibility index (Phi) is 5.35.